The van der Waals surface area contributed by atoms with Gasteiger partial charge in [-0.1, -0.05) is 30.3 Å². The molecule has 1 aliphatic heterocycles. The maximum absolute atomic E-state index is 4.37. The Balaban J connectivity index is 1.63. The average Bonchev–Trinajstić information content (AvgIpc) is 3.06. The zero-order valence-electron chi connectivity index (χ0n) is 10.9. The molecule has 5 heteroatoms. The minimum atomic E-state index is 0.416. The van der Waals surface area contributed by atoms with Crippen LogP contribution < -0.4 is 10.6 Å². The molecule has 3 N–H and O–H groups in total. The molecule has 1 aromatic heterocycles. The first kappa shape index (κ1) is 11.8. The SMILES string of the molecule is CC1CN=C(NCc2ncc(-c3ccccc3)[nH]2)N1. The summed E-state index contributed by atoms with van der Waals surface area (Å²) in [6, 6.07) is 10.6. The molecule has 1 unspecified atom stereocenters. The predicted octanol–water partition coefficient (Wildman–Crippen LogP) is 1.51. The van der Waals surface area contributed by atoms with Gasteiger partial charge in [0, 0.05) is 6.04 Å². The lowest BCUT2D eigenvalue weighted by atomic mass is 10.2. The van der Waals surface area contributed by atoms with Crippen molar-refractivity contribution in [2.24, 2.45) is 4.99 Å². The van der Waals surface area contributed by atoms with E-state index in [2.05, 4.69) is 44.7 Å². The van der Waals surface area contributed by atoms with E-state index in [9.17, 15) is 0 Å². The van der Waals surface area contributed by atoms with Gasteiger partial charge in [0.2, 0.25) is 0 Å². The summed E-state index contributed by atoms with van der Waals surface area (Å²) in [6.45, 7) is 3.58. The van der Waals surface area contributed by atoms with E-state index >= 15 is 0 Å². The smallest absolute Gasteiger partial charge is 0.191 e. The standard InChI is InChI=1S/C14H17N5/c1-10-7-16-14(18-10)17-9-13-15-8-12(19-13)11-5-3-2-4-6-11/h2-6,8,10H,7,9H2,1H3,(H,15,19)(H2,16,17,18). The van der Waals surface area contributed by atoms with Crippen LogP contribution in [0, 0.1) is 0 Å². The Kier molecular flexibility index (Phi) is 3.18. The van der Waals surface area contributed by atoms with Crippen LogP contribution in [0.25, 0.3) is 11.3 Å². The Morgan fingerprint density at radius 2 is 2.16 bits per heavy atom. The lowest BCUT2D eigenvalue weighted by Crippen LogP contribution is -2.37. The van der Waals surface area contributed by atoms with E-state index in [-0.39, 0.29) is 0 Å². The van der Waals surface area contributed by atoms with Gasteiger partial charge in [0.1, 0.15) is 5.82 Å². The van der Waals surface area contributed by atoms with E-state index in [1.807, 2.05) is 24.4 Å². The molecule has 1 atom stereocenters. The Labute approximate surface area is 112 Å². The summed E-state index contributed by atoms with van der Waals surface area (Å²) in [5, 5.41) is 6.50. The van der Waals surface area contributed by atoms with E-state index < -0.39 is 0 Å². The van der Waals surface area contributed by atoms with E-state index in [4.69, 9.17) is 0 Å². The van der Waals surface area contributed by atoms with Crippen LogP contribution in [0.5, 0.6) is 0 Å². The number of H-pyrrole nitrogens is 1. The maximum Gasteiger partial charge on any atom is 0.191 e. The van der Waals surface area contributed by atoms with Gasteiger partial charge in [0.05, 0.1) is 25.0 Å². The third-order valence-corrected chi connectivity index (χ3v) is 3.04. The highest BCUT2D eigenvalue weighted by molar-refractivity contribution is 5.81. The van der Waals surface area contributed by atoms with Gasteiger partial charge in [0.15, 0.2) is 5.96 Å². The van der Waals surface area contributed by atoms with Crippen LogP contribution in [0.15, 0.2) is 41.5 Å². The number of benzene rings is 1. The van der Waals surface area contributed by atoms with Gasteiger partial charge in [-0.2, -0.15) is 0 Å². The minimum absolute atomic E-state index is 0.416. The van der Waals surface area contributed by atoms with Crippen LogP contribution in [-0.2, 0) is 6.54 Å². The summed E-state index contributed by atoms with van der Waals surface area (Å²) in [6.07, 6.45) is 1.86. The largest absolute Gasteiger partial charge is 0.352 e. The number of aromatic amines is 1. The first-order chi connectivity index (χ1) is 9.31. The summed E-state index contributed by atoms with van der Waals surface area (Å²) in [5.41, 5.74) is 2.18. The van der Waals surface area contributed by atoms with Crippen molar-refractivity contribution in [2.45, 2.75) is 19.5 Å². The number of imidazole rings is 1. The predicted molar refractivity (Wildman–Crippen MR) is 75.8 cm³/mol. The number of nitrogens with zero attached hydrogens (tertiary/aromatic N) is 2. The Hall–Kier alpha value is -2.30. The monoisotopic (exact) mass is 255 g/mol. The Bertz CT molecular complexity index is 573. The summed E-state index contributed by atoms with van der Waals surface area (Å²) < 4.78 is 0. The van der Waals surface area contributed by atoms with E-state index in [0.29, 0.717) is 12.6 Å². The molecule has 2 aromatic rings. The van der Waals surface area contributed by atoms with E-state index in [1.165, 1.54) is 0 Å². The Morgan fingerprint density at radius 3 is 2.89 bits per heavy atom. The number of aromatic nitrogens is 2. The van der Waals surface area contributed by atoms with E-state index in [1.54, 1.807) is 0 Å². The molecular weight excluding hydrogens is 238 g/mol. The fourth-order valence-corrected chi connectivity index (χ4v) is 2.04. The molecule has 98 valence electrons. The summed E-state index contributed by atoms with van der Waals surface area (Å²) in [7, 11) is 0. The van der Waals surface area contributed by atoms with Gasteiger partial charge in [0.25, 0.3) is 0 Å². The number of hydrogen-bond acceptors (Lipinski definition) is 4. The molecule has 0 bridgehead atoms. The first-order valence-corrected chi connectivity index (χ1v) is 6.45. The molecule has 0 aliphatic carbocycles. The van der Waals surface area contributed by atoms with Crippen molar-refractivity contribution in [1.29, 1.82) is 0 Å². The third kappa shape index (κ3) is 2.76. The van der Waals surface area contributed by atoms with Crippen molar-refractivity contribution in [2.75, 3.05) is 6.54 Å². The van der Waals surface area contributed by atoms with Crippen molar-refractivity contribution in [1.82, 2.24) is 20.6 Å². The third-order valence-electron chi connectivity index (χ3n) is 3.04. The molecule has 0 radical (unpaired) electrons. The lowest BCUT2D eigenvalue weighted by Gasteiger charge is -2.07. The molecule has 19 heavy (non-hydrogen) atoms. The van der Waals surface area contributed by atoms with Crippen LogP contribution >= 0.6 is 0 Å². The van der Waals surface area contributed by atoms with Crippen molar-refractivity contribution >= 4 is 5.96 Å². The second-order valence-electron chi connectivity index (χ2n) is 4.70. The van der Waals surface area contributed by atoms with Crippen LogP contribution in [0.3, 0.4) is 0 Å². The quantitative estimate of drug-likeness (QED) is 0.779. The van der Waals surface area contributed by atoms with Gasteiger partial charge < -0.3 is 15.6 Å². The van der Waals surface area contributed by atoms with Crippen LogP contribution in [-0.4, -0.2) is 28.5 Å². The molecule has 0 fully saturated rings. The molecule has 3 rings (SSSR count). The number of hydrogen-bond donors (Lipinski definition) is 3. The molecule has 5 nitrogen and oxygen atoms in total. The van der Waals surface area contributed by atoms with Crippen LogP contribution in [0.2, 0.25) is 0 Å². The van der Waals surface area contributed by atoms with Gasteiger partial charge in [-0.3, -0.25) is 4.99 Å². The van der Waals surface area contributed by atoms with Crippen LogP contribution in [0.1, 0.15) is 12.7 Å². The highest BCUT2D eigenvalue weighted by Gasteiger charge is 2.12. The lowest BCUT2D eigenvalue weighted by molar-refractivity contribution is 0.710. The maximum atomic E-state index is 4.37. The second-order valence-corrected chi connectivity index (χ2v) is 4.70. The van der Waals surface area contributed by atoms with E-state index in [0.717, 1.165) is 29.6 Å². The molecule has 0 saturated heterocycles. The van der Waals surface area contributed by atoms with Crippen molar-refractivity contribution in [3.63, 3.8) is 0 Å². The number of nitrogens with one attached hydrogen (secondary N) is 3. The van der Waals surface area contributed by atoms with Gasteiger partial charge in [-0.25, -0.2) is 4.98 Å². The molecule has 2 heterocycles. The molecule has 1 aromatic carbocycles. The first-order valence-electron chi connectivity index (χ1n) is 6.45. The molecule has 0 spiro atoms. The number of aliphatic imine (C=N–C) groups is 1. The normalized spacial score (nSPS) is 17.9. The van der Waals surface area contributed by atoms with Crippen molar-refractivity contribution < 1.29 is 0 Å². The highest BCUT2D eigenvalue weighted by atomic mass is 15.2. The van der Waals surface area contributed by atoms with Gasteiger partial charge in [-0.15, -0.1) is 0 Å². The molecular formula is C14H17N5. The fourth-order valence-electron chi connectivity index (χ4n) is 2.04. The minimum Gasteiger partial charge on any atom is -0.352 e. The van der Waals surface area contributed by atoms with Crippen LogP contribution in [0.4, 0.5) is 0 Å². The molecule has 0 amide bonds. The van der Waals surface area contributed by atoms with Crippen molar-refractivity contribution in [3.05, 3.63) is 42.4 Å². The zero-order valence-corrected chi connectivity index (χ0v) is 10.9. The Morgan fingerprint density at radius 1 is 1.32 bits per heavy atom. The van der Waals surface area contributed by atoms with Gasteiger partial charge >= 0.3 is 0 Å². The number of rotatable bonds is 3. The highest BCUT2D eigenvalue weighted by Crippen LogP contribution is 2.15. The second kappa shape index (κ2) is 5.14. The fraction of sp³-hybridized carbons (Fsp3) is 0.286. The number of guanidine groups is 1. The van der Waals surface area contributed by atoms with Gasteiger partial charge in [-0.05, 0) is 12.5 Å². The topological polar surface area (TPSA) is 65.1 Å². The van der Waals surface area contributed by atoms with Crippen molar-refractivity contribution in [3.8, 4) is 11.3 Å². The molecule has 0 saturated carbocycles. The zero-order chi connectivity index (χ0) is 13.1. The summed E-state index contributed by atoms with van der Waals surface area (Å²) in [4.78, 5) is 12.0. The summed E-state index contributed by atoms with van der Waals surface area (Å²) >= 11 is 0. The molecule has 1 aliphatic rings. The average molecular weight is 255 g/mol. The summed E-state index contributed by atoms with van der Waals surface area (Å²) in [5.74, 6) is 1.76.